The van der Waals surface area contributed by atoms with E-state index in [-0.39, 0.29) is 25.5 Å². The van der Waals surface area contributed by atoms with Crippen molar-refractivity contribution in [2.75, 3.05) is 26.8 Å². The molecule has 3 rings (SSSR count). The SMILES string of the molecule is COc1ccc(-c2cnc(CCC(=O)N3CCO[C@@H](C(=O)O)C3)o2)cc1. The number of aryl methyl sites for hydroxylation is 1. The van der Waals surface area contributed by atoms with Crippen LogP contribution in [0.5, 0.6) is 5.75 Å². The Balaban J connectivity index is 1.55. The Kier molecular flexibility index (Phi) is 5.52. The first-order chi connectivity index (χ1) is 12.6. The molecule has 1 saturated heterocycles. The number of rotatable bonds is 6. The van der Waals surface area contributed by atoms with E-state index in [0.717, 1.165) is 11.3 Å². The first-order valence-electron chi connectivity index (χ1n) is 8.28. The molecule has 1 aromatic carbocycles. The van der Waals surface area contributed by atoms with Crippen molar-refractivity contribution in [1.29, 1.82) is 0 Å². The van der Waals surface area contributed by atoms with Gasteiger partial charge in [-0.3, -0.25) is 4.79 Å². The molecule has 1 atom stereocenters. The van der Waals surface area contributed by atoms with Gasteiger partial charge < -0.3 is 23.9 Å². The van der Waals surface area contributed by atoms with Crippen LogP contribution in [0.25, 0.3) is 11.3 Å². The normalized spacial score (nSPS) is 17.1. The lowest BCUT2D eigenvalue weighted by Gasteiger charge is -2.30. The van der Waals surface area contributed by atoms with Crippen LogP contribution in [0, 0.1) is 0 Å². The molecule has 1 amide bonds. The number of carbonyl (C=O) groups is 2. The summed E-state index contributed by atoms with van der Waals surface area (Å²) in [5.74, 6) is 0.645. The maximum Gasteiger partial charge on any atom is 0.334 e. The second kappa shape index (κ2) is 8.01. The topological polar surface area (TPSA) is 102 Å². The van der Waals surface area contributed by atoms with Gasteiger partial charge in [-0.25, -0.2) is 9.78 Å². The van der Waals surface area contributed by atoms with Crippen LogP contribution < -0.4 is 4.74 Å². The van der Waals surface area contributed by atoms with E-state index in [4.69, 9.17) is 19.0 Å². The van der Waals surface area contributed by atoms with Crippen molar-refractivity contribution in [1.82, 2.24) is 9.88 Å². The number of carboxylic acid groups (broad SMARTS) is 1. The second-order valence-corrected chi connectivity index (χ2v) is 5.88. The zero-order chi connectivity index (χ0) is 18.5. The Hall–Kier alpha value is -2.87. The average Bonchev–Trinajstić information content (AvgIpc) is 3.15. The van der Waals surface area contributed by atoms with Crippen LogP contribution in [0.4, 0.5) is 0 Å². The van der Waals surface area contributed by atoms with Gasteiger partial charge in [-0.1, -0.05) is 0 Å². The highest BCUT2D eigenvalue weighted by atomic mass is 16.5. The van der Waals surface area contributed by atoms with Gasteiger partial charge in [0.05, 0.1) is 26.5 Å². The highest BCUT2D eigenvalue weighted by Crippen LogP contribution is 2.23. The number of hydrogen-bond acceptors (Lipinski definition) is 6. The summed E-state index contributed by atoms with van der Waals surface area (Å²) in [6.45, 7) is 0.686. The number of methoxy groups -OCH3 is 1. The van der Waals surface area contributed by atoms with E-state index in [1.165, 1.54) is 4.90 Å². The predicted molar refractivity (Wildman–Crippen MR) is 90.8 cm³/mol. The van der Waals surface area contributed by atoms with Gasteiger partial charge in [0.15, 0.2) is 17.8 Å². The summed E-state index contributed by atoms with van der Waals surface area (Å²) in [7, 11) is 1.60. The minimum absolute atomic E-state index is 0.0663. The third-order valence-electron chi connectivity index (χ3n) is 4.18. The number of hydrogen-bond donors (Lipinski definition) is 1. The summed E-state index contributed by atoms with van der Waals surface area (Å²) in [6, 6.07) is 7.40. The number of amides is 1. The number of aromatic nitrogens is 1. The molecule has 0 bridgehead atoms. The van der Waals surface area contributed by atoms with Crippen molar-refractivity contribution >= 4 is 11.9 Å². The Labute approximate surface area is 150 Å². The second-order valence-electron chi connectivity index (χ2n) is 5.88. The monoisotopic (exact) mass is 360 g/mol. The summed E-state index contributed by atoms with van der Waals surface area (Å²) in [6.07, 6.45) is 1.21. The lowest BCUT2D eigenvalue weighted by atomic mass is 10.2. The molecule has 1 N–H and O–H groups in total. The summed E-state index contributed by atoms with van der Waals surface area (Å²) < 4.78 is 15.9. The molecule has 1 aliphatic rings. The highest BCUT2D eigenvalue weighted by molar-refractivity contribution is 5.78. The molecule has 0 spiro atoms. The number of oxazole rings is 1. The van der Waals surface area contributed by atoms with Crippen LogP contribution in [0.1, 0.15) is 12.3 Å². The predicted octanol–water partition coefficient (Wildman–Crippen LogP) is 1.59. The van der Waals surface area contributed by atoms with Crippen LogP contribution >= 0.6 is 0 Å². The van der Waals surface area contributed by atoms with Gasteiger partial charge in [-0.15, -0.1) is 0 Å². The molecule has 0 saturated carbocycles. The summed E-state index contributed by atoms with van der Waals surface area (Å²) in [5.41, 5.74) is 0.869. The maximum atomic E-state index is 12.3. The van der Waals surface area contributed by atoms with Gasteiger partial charge in [-0.05, 0) is 24.3 Å². The van der Waals surface area contributed by atoms with E-state index >= 15 is 0 Å². The van der Waals surface area contributed by atoms with E-state index in [9.17, 15) is 9.59 Å². The fourth-order valence-electron chi connectivity index (χ4n) is 2.71. The van der Waals surface area contributed by atoms with Crippen molar-refractivity contribution in [3.8, 4) is 17.1 Å². The zero-order valence-electron chi connectivity index (χ0n) is 14.4. The van der Waals surface area contributed by atoms with E-state index in [2.05, 4.69) is 4.98 Å². The van der Waals surface area contributed by atoms with Crippen LogP contribution in [-0.2, 0) is 20.7 Å². The largest absolute Gasteiger partial charge is 0.497 e. The number of aliphatic carboxylic acids is 1. The number of nitrogens with zero attached hydrogens (tertiary/aromatic N) is 2. The number of morpholine rings is 1. The van der Waals surface area contributed by atoms with Gasteiger partial charge in [0.25, 0.3) is 0 Å². The molecule has 2 aromatic rings. The van der Waals surface area contributed by atoms with E-state index in [1.54, 1.807) is 13.3 Å². The van der Waals surface area contributed by atoms with E-state index < -0.39 is 12.1 Å². The third-order valence-corrected chi connectivity index (χ3v) is 4.18. The molecule has 8 heteroatoms. The summed E-state index contributed by atoms with van der Waals surface area (Å²) in [5, 5.41) is 8.99. The van der Waals surface area contributed by atoms with Crippen molar-refractivity contribution in [3.63, 3.8) is 0 Å². The fourth-order valence-corrected chi connectivity index (χ4v) is 2.71. The quantitative estimate of drug-likeness (QED) is 0.834. The molecular formula is C18H20N2O6. The Bertz CT molecular complexity index is 770. The summed E-state index contributed by atoms with van der Waals surface area (Å²) in [4.78, 5) is 29.0. The third kappa shape index (κ3) is 4.20. The highest BCUT2D eigenvalue weighted by Gasteiger charge is 2.28. The molecule has 1 fully saturated rings. The van der Waals surface area contributed by atoms with Gasteiger partial charge in [0.1, 0.15) is 5.75 Å². The van der Waals surface area contributed by atoms with Crippen LogP contribution in [0.3, 0.4) is 0 Å². The van der Waals surface area contributed by atoms with Crippen molar-refractivity contribution < 1.29 is 28.6 Å². The Morgan fingerprint density at radius 2 is 2.12 bits per heavy atom. The molecule has 2 heterocycles. The molecule has 26 heavy (non-hydrogen) atoms. The smallest absolute Gasteiger partial charge is 0.334 e. The average molecular weight is 360 g/mol. The molecule has 1 aromatic heterocycles. The van der Waals surface area contributed by atoms with Gasteiger partial charge in [-0.2, -0.15) is 0 Å². The Morgan fingerprint density at radius 3 is 2.81 bits per heavy atom. The maximum absolute atomic E-state index is 12.3. The van der Waals surface area contributed by atoms with Crippen LogP contribution in [0.2, 0.25) is 0 Å². The van der Waals surface area contributed by atoms with Crippen molar-refractivity contribution in [3.05, 3.63) is 36.4 Å². The Morgan fingerprint density at radius 1 is 1.35 bits per heavy atom. The van der Waals surface area contributed by atoms with E-state index in [0.29, 0.717) is 24.6 Å². The lowest BCUT2D eigenvalue weighted by Crippen LogP contribution is -2.48. The minimum Gasteiger partial charge on any atom is -0.497 e. The number of ether oxygens (including phenoxy) is 2. The fraction of sp³-hybridized carbons (Fsp3) is 0.389. The van der Waals surface area contributed by atoms with Gasteiger partial charge in [0, 0.05) is 24.9 Å². The van der Waals surface area contributed by atoms with Crippen LogP contribution in [-0.4, -0.2) is 59.8 Å². The number of benzene rings is 1. The molecule has 0 aliphatic carbocycles. The van der Waals surface area contributed by atoms with Crippen molar-refractivity contribution in [2.45, 2.75) is 18.9 Å². The molecule has 138 valence electrons. The molecular weight excluding hydrogens is 340 g/mol. The molecule has 0 radical (unpaired) electrons. The summed E-state index contributed by atoms with van der Waals surface area (Å²) >= 11 is 0. The first kappa shape index (κ1) is 17.9. The van der Waals surface area contributed by atoms with Gasteiger partial charge in [0.2, 0.25) is 5.91 Å². The molecule has 1 aliphatic heterocycles. The number of carboxylic acids is 1. The van der Waals surface area contributed by atoms with Crippen molar-refractivity contribution in [2.24, 2.45) is 0 Å². The molecule has 8 nitrogen and oxygen atoms in total. The minimum atomic E-state index is -1.06. The van der Waals surface area contributed by atoms with Crippen LogP contribution in [0.15, 0.2) is 34.9 Å². The lowest BCUT2D eigenvalue weighted by molar-refractivity contribution is -0.159. The first-order valence-corrected chi connectivity index (χ1v) is 8.28. The number of carbonyl (C=O) groups excluding carboxylic acids is 1. The molecule has 0 unspecified atom stereocenters. The zero-order valence-corrected chi connectivity index (χ0v) is 14.4. The van der Waals surface area contributed by atoms with E-state index in [1.807, 2.05) is 24.3 Å². The van der Waals surface area contributed by atoms with Gasteiger partial charge >= 0.3 is 5.97 Å². The standard InChI is InChI=1S/C18H20N2O6/c1-24-13-4-2-12(3-5-13)14-10-19-16(26-14)6-7-17(21)20-8-9-25-15(11-20)18(22)23/h2-5,10,15H,6-9,11H2,1H3,(H,22,23)/t15-/m1/s1.